The van der Waals surface area contributed by atoms with Gasteiger partial charge in [0.25, 0.3) is 0 Å². The Balaban J connectivity index is 0.978. The van der Waals surface area contributed by atoms with Gasteiger partial charge in [0.15, 0.2) is 0 Å². The summed E-state index contributed by atoms with van der Waals surface area (Å²) in [5, 5.41) is 17.7. The number of hydrogen-bond donors (Lipinski definition) is 1. The number of aromatic nitrogens is 3. The van der Waals surface area contributed by atoms with Gasteiger partial charge in [-0.1, -0.05) is 0 Å². The fraction of sp³-hybridized carbons (Fsp3) is 0.548. The average molecular weight is 553 g/mol. The van der Waals surface area contributed by atoms with E-state index in [1.165, 1.54) is 12.8 Å². The Kier molecular flexibility index (Phi) is 5.93. The van der Waals surface area contributed by atoms with Crippen LogP contribution in [0, 0.1) is 22.7 Å². The second-order valence-electron chi connectivity index (χ2n) is 12.7. The van der Waals surface area contributed by atoms with Crippen LogP contribution in [0.2, 0.25) is 0 Å². The number of nitriles is 1. The van der Waals surface area contributed by atoms with E-state index in [0.717, 1.165) is 93.3 Å². The second kappa shape index (κ2) is 9.71. The van der Waals surface area contributed by atoms with Crippen molar-refractivity contribution in [1.82, 2.24) is 29.7 Å². The Morgan fingerprint density at radius 2 is 2.07 bits per heavy atom. The van der Waals surface area contributed by atoms with Gasteiger partial charge in [0.1, 0.15) is 24.2 Å². The molecule has 9 rings (SSSR count). The van der Waals surface area contributed by atoms with Crippen molar-refractivity contribution in [2.75, 3.05) is 57.3 Å². The van der Waals surface area contributed by atoms with Crippen molar-refractivity contribution >= 4 is 17.2 Å². The van der Waals surface area contributed by atoms with Crippen molar-refractivity contribution in [3.8, 4) is 22.9 Å². The van der Waals surface area contributed by atoms with Gasteiger partial charge in [0.05, 0.1) is 35.6 Å². The van der Waals surface area contributed by atoms with Gasteiger partial charge in [-0.25, -0.2) is 9.50 Å². The summed E-state index contributed by atoms with van der Waals surface area (Å²) in [6.07, 6.45) is 11.1. The van der Waals surface area contributed by atoms with Crippen LogP contribution in [0.1, 0.15) is 37.7 Å². The second-order valence-corrected chi connectivity index (χ2v) is 12.7. The molecule has 5 aliphatic heterocycles. The number of ether oxygens (including phenoxy) is 1. The summed E-state index contributed by atoms with van der Waals surface area (Å²) in [6, 6.07) is 9.04. The number of nitrogens with zero attached hydrogens (tertiary/aromatic N) is 7. The molecule has 6 fully saturated rings. The lowest BCUT2D eigenvalue weighted by Gasteiger charge is -2.56. The lowest BCUT2D eigenvalue weighted by atomic mass is 9.86. The number of likely N-dealkylation sites (tertiary alicyclic amines) is 1. The molecule has 0 aromatic carbocycles. The fourth-order valence-electron chi connectivity index (χ4n) is 7.56. The van der Waals surface area contributed by atoms with E-state index in [2.05, 4.69) is 43.3 Å². The molecule has 1 spiro atoms. The van der Waals surface area contributed by atoms with Crippen LogP contribution < -0.4 is 15.0 Å². The molecule has 6 aliphatic rings. The Bertz CT molecular complexity index is 1510. The summed E-state index contributed by atoms with van der Waals surface area (Å²) in [6.45, 7) is 7.72. The molecular formula is C31H36N8O2. The number of amides is 1. The minimum absolute atomic E-state index is 0.282. The highest BCUT2D eigenvalue weighted by Crippen LogP contribution is 2.41. The van der Waals surface area contributed by atoms with E-state index in [1.807, 2.05) is 18.5 Å². The number of rotatable bonds is 7. The summed E-state index contributed by atoms with van der Waals surface area (Å²) >= 11 is 0. The zero-order valence-corrected chi connectivity index (χ0v) is 23.3. The standard InChI is InChI=1S/C31H36N8O2/c32-13-23-15-35-38-18-26(41-10-9-36-8-6-31(20-36)5-7-33-19-31)12-27(29(23)38)22-3-4-28(34-14-22)37-16-24-11-25(17-37)39(24)30(40)21-1-2-21/h3-4,12,14-15,18,21,24-25,33H,1-2,5-11,16-17,19-20H2. The average Bonchev–Trinajstić information content (AvgIpc) is 3.42. The number of carbonyl (C=O) groups excluding carboxylic acids is 1. The minimum Gasteiger partial charge on any atom is -0.491 e. The number of pyridine rings is 2. The van der Waals surface area contributed by atoms with E-state index in [1.54, 1.807) is 10.7 Å². The van der Waals surface area contributed by atoms with Crippen molar-refractivity contribution in [3.05, 3.63) is 42.4 Å². The first-order valence-electron chi connectivity index (χ1n) is 15.1. The normalized spacial score (nSPS) is 27.4. The van der Waals surface area contributed by atoms with Crippen LogP contribution in [0.25, 0.3) is 16.6 Å². The van der Waals surface area contributed by atoms with Crippen molar-refractivity contribution in [2.24, 2.45) is 11.3 Å². The van der Waals surface area contributed by atoms with E-state index in [9.17, 15) is 10.1 Å². The lowest BCUT2D eigenvalue weighted by Crippen LogP contribution is -2.70. The van der Waals surface area contributed by atoms with Crippen molar-refractivity contribution in [2.45, 2.75) is 44.2 Å². The van der Waals surface area contributed by atoms with Crippen LogP contribution in [0.15, 0.2) is 36.8 Å². The molecule has 2 bridgehead atoms. The molecule has 1 amide bonds. The van der Waals surface area contributed by atoms with E-state index in [0.29, 0.717) is 35.6 Å². The number of nitrogens with one attached hydrogen (secondary N) is 1. The number of carbonyl (C=O) groups is 1. The summed E-state index contributed by atoms with van der Waals surface area (Å²) < 4.78 is 8.00. The number of fused-ring (bicyclic) bond motifs is 3. The number of hydrogen-bond acceptors (Lipinski definition) is 8. The van der Waals surface area contributed by atoms with Gasteiger partial charge in [0, 0.05) is 56.0 Å². The van der Waals surface area contributed by atoms with E-state index in [4.69, 9.17) is 9.72 Å². The molecule has 212 valence electrons. The Morgan fingerprint density at radius 1 is 1.20 bits per heavy atom. The molecule has 3 aromatic rings. The number of anilines is 1. The zero-order valence-electron chi connectivity index (χ0n) is 23.3. The minimum atomic E-state index is 0.282. The predicted octanol–water partition coefficient (Wildman–Crippen LogP) is 2.53. The predicted molar refractivity (Wildman–Crippen MR) is 154 cm³/mol. The van der Waals surface area contributed by atoms with Gasteiger partial charge < -0.3 is 19.9 Å². The van der Waals surface area contributed by atoms with Crippen molar-refractivity contribution in [1.29, 1.82) is 5.26 Å². The Hall–Kier alpha value is -3.68. The molecule has 41 heavy (non-hydrogen) atoms. The molecule has 1 N–H and O–H groups in total. The molecule has 8 heterocycles. The van der Waals surface area contributed by atoms with Crippen molar-refractivity contribution < 1.29 is 9.53 Å². The van der Waals surface area contributed by atoms with Gasteiger partial charge in [-0.05, 0) is 68.8 Å². The third kappa shape index (κ3) is 4.43. The zero-order chi connectivity index (χ0) is 27.6. The molecule has 3 atom stereocenters. The highest BCUT2D eigenvalue weighted by atomic mass is 16.5. The van der Waals surface area contributed by atoms with Gasteiger partial charge in [-0.2, -0.15) is 10.4 Å². The van der Waals surface area contributed by atoms with Crippen LogP contribution in [0.4, 0.5) is 5.82 Å². The molecule has 5 saturated heterocycles. The van der Waals surface area contributed by atoms with Crippen LogP contribution in [-0.4, -0.2) is 94.8 Å². The highest BCUT2D eigenvalue weighted by molar-refractivity contribution is 5.85. The first-order chi connectivity index (χ1) is 20.1. The third-order valence-electron chi connectivity index (χ3n) is 9.99. The summed E-state index contributed by atoms with van der Waals surface area (Å²) in [5.41, 5.74) is 3.55. The van der Waals surface area contributed by atoms with E-state index >= 15 is 0 Å². The smallest absolute Gasteiger partial charge is 0.226 e. The monoisotopic (exact) mass is 552 g/mol. The molecule has 1 saturated carbocycles. The molecule has 3 unspecified atom stereocenters. The molecule has 3 aromatic heterocycles. The molecule has 1 aliphatic carbocycles. The van der Waals surface area contributed by atoms with Crippen LogP contribution >= 0.6 is 0 Å². The third-order valence-corrected chi connectivity index (χ3v) is 9.99. The van der Waals surface area contributed by atoms with Crippen LogP contribution in [0.5, 0.6) is 5.75 Å². The maximum Gasteiger partial charge on any atom is 0.226 e. The molecule has 10 nitrogen and oxygen atoms in total. The first-order valence-corrected chi connectivity index (χ1v) is 15.1. The summed E-state index contributed by atoms with van der Waals surface area (Å²) in [5.74, 6) is 2.31. The van der Waals surface area contributed by atoms with Crippen molar-refractivity contribution in [3.63, 3.8) is 0 Å². The van der Waals surface area contributed by atoms with Gasteiger partial charge in [0.2, 0.25) is 5.91 Å². The molecular weight excluding hydrogens is 516 g/mol. The van der Waals surface area contributed by atoms with E-state index in [-0.39, 0.29) is 5.92 Å². The lowest BCUT2D eigenvalue weighted by molar-refractivity contribution is -0.147. The molecule has 10 heteroatoms. The first kappa shape index (κ1) is 25.1. The van der Waals surface area contributed by atoms with Crippen LogP contribution in [0.3, 0.4) is 0 Å². The van der Waals surface area contributed by atoms with Gasteiger partial charge in [-0.15, -0.1) is 0 Å². The summed E-state index contributed by atoms with van der Waals surface area (Å²) in [4.78, 5) is 24.4. The van der Waals surface area contributed by atoms with Crippen LogP contribution in [-0.2, 0) is 4.79 Å². The van der Waals surface area contributed by atoms with E-state index < -0.39 is 0 Å². The SMILES string of the molecule is N#Cc1cnn2cc(OCCN3CCC4(CCNC4)C3)cc(-c3ccc(N4CC5CC(C4)N5C(=O)C4CC4)nc3)c12. The Morgan fingerprint density at radius 3 is 2.80 bits per heavy atom. The quantitative estimate of drug-likeness (QED) is 0.477. The Labute approximate surface area is 239 Å². The maximum atomic E-state index is 12.6. The molecule has 0 radical (unpaired) electrons. The maximum absolute atomic E-state index is 12.6. The fourth-order valence-corrected chi connectivity index (χ4v) is 7.56. The topological polar surface area (TPSA) is 102 Å². The summed E-state index contributed by atoms with van der Waals surface area (Å²) in [7, 11) is 0. The van der Waals surface area contributed by atoms with Gasteiger partial charge >= 0.3 is 0 Å². The largest absolute Gasteiger partial charge is 0.491 e. The number of piperidine rings is 1. The highest BCUT2D eigenvalue weighted by Gasteiger charge is 2.50. The van der Waals surface area contributed by atoms with Gasteiger partial charge in [-0.3, -0.25) is 9.69 Å². The number of piperazine rings is 1.